The number of rotatable bonds is 9. The lowest BCUT2D eigenvalue weighted by molar-refractivity contribution is -0.135. The minimum Gasteiger partial charge on any atom is -0.497 e. The quantitative estimate of drug-likeness (QED) is 0.398. The van der Waals surface area contributed by atoms with Gasteiger partial charge >= 0.3 is 6.09 Å². The summed E-state index contributed by atoms with van der Waals surface area (Å²) in [4.78, 5) is 30.4. The van der Waals surface area contributed by atoms with Crippen molar-refractivity contribution in [2.75, 3.05) is 26.8 Å². The zero-order chi connectivity index (χ0) is 24.7. The highest BCUT2D eigenvalue weighted by molar-refractivity contribution is 7.89. The number of hydrogen-bond donors (Lipinski definition) is 2. The number of likely N-dealkylation sites (tertiary alicyclic amines) is 1. The standard InChI is InChI=1S/C22H28N4O7S/c1-3-33-22(28)25-13-10-17(15-25)20(21(27)24-29)26(14-16-8-11-23-12-9-16)34(30,31)19-6-4-18(32-2)5-7-19/h4-9,11-12,17,20,29H,3,10,13-15H2,1-2H3,(H,24,27)/t17?,20-/m1/s1. The number of hydrogen-bond acceptors (Lipinski definition) is 8. The number of nitrogens with one attached hydrogen (secondary N) is 1. The topological polar surface area (TPSA) is 138 Å². The lowest BCUT2D eigenvalue weighted by atomic mass is 9.98. The molecule has 184 valence electrons. The fraction of sp³-hybridized carbons (Fsp3) is 0.409. The van der Waals surface area contributed by atoms with Crippen molar-refractivity contribution in [1.82, 2.24) is 19.7 Å². The van der Waals surface area contributed by atoms with Gasteiger partial charge in [0.15, 0.2) is 0 Å². The molecular formula is C22H28N4O7S. The van der Waals surface area contributed by atoms with Crippen molar-refractivity contribution in [1.29, 1.82) is 0 Å². The first-order valence-corrected chi connectivity index (χ1v) is 12.2. The lowest BCUT2D eigenvalue weighted by Gasteiger charge is -2.33. The molecule has 3 rings (SSSR count). The zero-order valence-corrected chi connectivity index (χ0v) is 19.8. The van der Waals surface area contributed by atoms with Crippen LogP contribution in [0.3, 0.4) is 0 Å². The van der Waals surface area contributed by atoms with Crippen molar-refractivity contribution in [3.63, 3.8) is 0 Å². The third-order valence-electron chi connectivity index (χ3n) is 5.64. The van der Waals surface area contributed by atoms with E-state index in [2.05, 4.69) is 4.98 Å². The molecule has 1 fully saturated rings. The fourth-order valence-electron chi connectivity index (χ4n) is 3.96. The molecule has 1 aliphatic heterocycles. The van der Waals surface area contributed by atoms with Gasteiger partial charge < -0.3 is 14.4 Å². The Morgan fingerprint density at radius 3 is 2.50 bits per heavy atom. The van der Waals surface area contributed by atoms with Crippen LogP contribution >= 0.6 is 0 Å². The summed E-state index contributed by atoms with van der Waals surface area (Å²) in [6.07, 6.45) is 2.85. The number of ether oxygens (including phenoxy) is 2. The highest BCUT2D eigenvalue weighted by Gasteiger charge is 2.44. The number of carbonyl (C=O) groups excluding carboxylic acids is 2. The summed E-state index contributed by atoms with van der Waals surface area (Å²) in [5.41, 5.74) is 2.21. The number of benzene rings is 1. The minimum atomic E-state index is -4.21. The second-order valence-electron chi connectivity index (χ2n) is 7.70. The van der Waals surface area contributed by atoms with Crippen LogP contribution in [0.25, 0.3) is 0 Å². The predicted octanol–water partition coefficient (Wildman–Crippen LogP) is 1.63. The molecule has 0 aliphatic carbocycles. The average molecular weight is 493 g/mol. The van der Waals surface area contributed by atoms with Crippen molar-refractivity contribution in [3.05, 3.63) is 54.4 Å². The van der Waals surface area contributed by atoms with E-state index in [9.17, 15) is 23.2 Å². The number of amides is 2. The summed E-state index contributed by atoms with van der Waals surface area (Å²) in [6.45, 7) is 2.13. The van der Waals surface area contributed by atoms with E-state index < -0.39 is 34.0 Å². The van der Waals surface area contributed by atoms with E-state index in [-0.39, 0.29) is 24.6 Å². The van der Waals surface area contributed by atoms with E-state index in [0.29, 0.717) is 24.3 Å². The maximum absolute atomic E-state index is 13.8. The van der Waals surface area contributed by atoms with Crippen molar-refractivity contribution >= 4 is 22.0 Å². The highest BCUT2D eigenvalue weighted by Crippen LogP contribution is 2.30. The van der Waals surface area contributed by atoms with Gasteiger partial charge in [-0.2, -0.15) is 4.31 Å². The number of carbonyl (C=O) groups is 2. The Kier molecular flexibility index (Phi) is 8.42. The molecule has 2 aromatic rings. The van der Waals surface area contributed by atoms with E-state index in [1.807, 2.05) is 0 Å². The molecule has 1 aromatic heterocycles. The molecule has 1 saturated heterocycles. The summed E-state index contributed by atoms with van der Waals surface area (Å²) in [6, 6.07) is 7.80. The molecule has 0 bridgehead atoms. The molecule has 2 N–H and O–H groups in total. The third-order valence-corrected chi connectivity index (χ3v) is 7.48. The first-order chi connectivity index (χ1) is 16.3. The second-order valence-corrected chi connectivity index (χ2v) is 9.59. The number of nitrogens with zero attached hydrogens (tertiary/aromatic N) is 3. The Bertz CT molecular complexity index is 1080. The van der Waals surface area contributed by atoms with Gasteiger partial charge in [-0.25, -0.2) is 18.7 Å². The van der Waals surface area contributed by atoms with E-state index in [4.69, 9.17) is 9.47 Å². The Balaban J connectivity index is 2.02. The molecule has 2 amide bonds. The lowest BCUT2D eigenvalue weighted by Crippen LogP contribution is -2.53. The van der Waals surface area contributed by atoms with Gasteiger partial charge in [0.05, 0.1) is 18.6 Å². The molecule has 11 nitrogen and oxygen atoms in total. The Morgan fingerprint density at radius 2 is 1.91 bits per heavy atom. The molecule has 0 saturated carbocycles. The molecule has 1 aliphatic rings. The largest absolute Gasteiger partial charge is 0.497 e. The van der Waals surface area contributed by atoms with Gasteiger partial charge in [-0.15, -0.1) is 0 Å². The summed E-state index contributed by atoms with van der Waals surface area (Å²) in [7, 11) is -2.74. The van der Waals surface area contributed by atoms with Crippen LogP contribution in [-0.4, -0.2) is 72.7 Å². The van der Waals surface area contributed by atoms with Crippen molar-refractivity contribution in [2.45, 2.75) is 30.8 Å². The Hall–Kier alpha value is -3.22. The first-order valence-electron chi connectivity index (χ1n) is 10.7. The average Bonchev–Trinajstić information content (AvgIpc) is 3.34. The molecule has 0 spiro atoms. The normalized spacial score (nSPS) is 16.8. The SMILES string of the molecule is CCOC(=O)N1CCC([C@H](C(=O)NO)N(Cc2ccncc2)S(=O)(=O)c2ccc(OC)cc2)C1. The number of pyridine rings is 1. The monoisotopic (exact) mass is 492 g/mol. The maximum atomic E-state index is 13.8. The van der Waals surface area contributed by atoms with Crippen LogP contribution in [-0.2, 0) is 26.1 Å². The summed E-state index contributed by atoms with van der Waals surface area (Å²) < 4.78 is 38.8. The van der Waals surface area contributed by atoms with Gasteiger partial charge in [-0.3, -0.25) is 15.0 Å². The predicted molar refractivity (Wildman–Crippen MR) is 120 cm³/mol. The van der Waals surface area contributed by atoms with Crippen LogP contribution in [0.2, 0.25) is 0 Å². The van der Waals surface area contributed by atoms with Crippen LogP contribution in [0.5, 0.6) is 5.75 Å². The van der Waals surface area contributed by atoms with Crippen molar-refractivity contribution < 1.29 is 32.7 Å². The molecule has 2 atom stereocenters. The zero-order valence-electron chi connectivity index (χ0n) is 19.0. The third kappa shape index (κ3) is 5.64. The van der Waals surface area contributed by atoms with Gasteiger partial charge in [0.25, 0.3) is 5.91 Å². The van der Waals surface area contributed by atoms with Crippen LogP contribution < -0.4 is 10.2 Å². The van der Waals surface area contributed by atoms with Crippen LogP contribution in [0.15, 0.2) is 53.7 Å². The van der Waals surface area contributed by atoms with E-state index >= 15 is 0 Å². The molecule has 12 heteroatoms. The molecule has 1 aromatic carbocycles. The van der Waals surface area contributed by atoms with Gasteiger partial charge in [0.2, 0.25) is 10.0 Å². The fourth-order valence-corrected chi connectivity index (χ4v) is 5.59. The summed E-state index contributed by atoms with van der Waals surface area (Å²) in [5, 5.41) is 9.49. The van der Waals surface area contributed by atoms with E-state index in [0.717, 1.165) is 4.31 Å². The van der Waals surface area contributed by atoms with E-state index in [1.54, 1.807) is 24.5 Å². The molecular weight excluding hydrogens is 464 g/mol. The van der Waals surface area contributed by atoms with Gasteiger partial charge in [-0.1, -0.05) is 0 Å². The molecule has 1 unspecified atom stereocenters. The van der Waals surface area contributed by atoms with E-state index in [1.165, 1.54) is 48.7 Å². The first kappa shape index (κ1) is 25.4. The van der Waals surface area contributed by atoms with Crippen LogP contribution in [0, 0.1) is 5.92 Å². The Labute approximate surface area is 198 Å². The Morgan fingerprint density at radius 1 is 1.24 bits per heavy atom. The van der Waals surface area contributed by atoms with Crippen LogP contribution in [0.1, 0.15) is 18.9 Å². The maximum Gasteiger partial charge on any atom is 0.409 e. The van der Waals surface area contributed by atoms with Gasteiger partial charge in [0.1, 0.15) is 11.8 Å². The number of aromatic nitrogens is 1. The summed E-state index contributed by atoms with van der Waals surface area (Å²) in [5.74, 6) is -0.988. The number of hydroxylamine groups is 1. The minimum absolute atomic E-state index is 0.0432. The molecule has 34 heavy (non-hydrogen) atoms. The molecule has 2 heterocycles. The summed E-state index contributed by atoms with van der Waals surface area (Å²) >= 11 is 0. The molecule has 0 radical (unpaired) electrons. The van der Waals surface area contributed by atoms with Crippen molar-refractivity contribution in [3.8, 4) is 5.75 Å². The van der Waals surface area contributed by atoms with Gasteiger partial charge in [-0.05, 0) is 55.3 Å². The number of methoxy groups -OCH3 is 1. The van der Waals surface area contributed by atoms with Crippen molar-refractivity contribution in [2.24, 2.45) is 5.92 Å². The second kappa shape index (κ2) is 11.3. The number of sulfonamides is 1. The van der Waals surface area contributed by atoms with Crippen LogP contribution in [0.4, 0.5) is 4.79 Å². The van der Waals surface area contributed by atoms with Gasteiger partial charge in [0, 0.05) is 37.9 Å². The smallest absolute Gasteiger partial charge is 0.409 e. The highest BCUT2D eigenvalue weighted by atomic mass is 32.2.